The average Bonchev–Trinajstić information content (AvgIpc) is 2.85. The zero-order chi connectivity index (χ0) is 29.7. The first-order valence-corrected chi connectivity index (χ1v) is 16.1. The predicted molar refractivity (Wildman–Crippen MR) is 152 cm³/mol. The quantitative estimate of drug-likeness (QED) is 0.109. The van der Waals surface area contributed by atoms with Crippen LogP contribution < -0.4 is 21.3 Å². The van der Waals surface area contributed by atoms with Crippen molar-refractivity contribution in [1.29, 1.82) is 0 Å². The minimum absolute atomic E-state index is 0.0748. The van der Waals surface area contributed by atoms with E-state index in [1.54, 1.807) is 60.0 Å². The Morgan fingerprint density at radius 1 is 1.00 bits per heavy atom. The van der Waals surface area contributed by atoms with E-state index < -0.39 is 63.7 Å². The number of amides is 4. The Bertz CT molecular complexity index is 981. The van der Waals surface area contributed by atoms with Gasteiger partial charge in [0.1, 0.15) is 29.9 Å². The van der Waals surface area contributed by atoms with Crippen molar-refractivity contribution in [2.75, 3.05) is 12.0 Å². The van der Waals surface area contributed by atoms with Crippen molar-refractivity contribution in [1.82, 2.24) is 21.3 Å². The molecule has 4 amide bonds. The summed E-state index contributed by atoms with van der Waals surface area (Å²) < 4.78 is 16.9. The highest BCUT2D eigenvalue weighted by molar-refractivity contribution is 8.68. The lowest BCUT2D eigenvalue weighted by molar-refractivity contribution is -0.153. The second-order valence-corrected chi connectivity index (χ2v) is 13.3. The van der Waals surface area contributed by atoms with Crippen LogP contribution in [0, 0.1) is 11.8 Å². The molecule has 0 bridgehead atoms. The molecule has 0 aromatic heterocycles. The molecule has 1 aliphatic rings. The van der Waals surface area contributed by atoms with Crippen LogP contribution in [0.15, 0.2) is 23.9 Å². The molecule has 0 radical (unpaired) electrons. The molecule has 1 unspecified atom stereocenters. The van der Waals surface area contributed by atoms with Crippen molar-refractivity contribution in [3.8, 4) is 0 Å². The number of nitrogens with one attached hydrogen (secondary N) is 4. The van der Waals surface area contributed by atoms with Crippen molar-refractivity contribution in [3.63, 3.8) is 0 Å². The summed E-state index contributed by atoms with van der Waals surface area (Å²) >= 11 is 0. The van der Waals surface area contributed by atoms with E-state index in [2.05, 4.69) is 21.3 Å². The highest BCUT2D eigenvalue weighted by Gasteiger charge is 2.33. The summed E-state index contributed by atoms with van der Waals surface area (Å²) in [5, 5.41) is 10.5. The van der Waals surface area contributed by atoms with Gasteiger partial charge in [-0.15, -0.1) is 0 Å². The first kappa shape index (κ1) is 34.4. The minimum Gasteiger partial charge on any atom is -0.456 e. The van der Waals surface area contributed by atoms with Gasteiger partial charge in [0, 0.05) is 12.0 Å². The fourth-order valence-electron chi connectivity index (χ4n) is 3.61. The number of hydrogen-bond donors (Lipinski definition) is 4. The maximum Gasteiger partial charge on any atom is 0.329 e. The molecule has 0 saturated carbocycles. The molecule has 1 rings (SSSR count). The van der Waals surface area contributed by atoms with Gasteiger partial charge in [-0.1, -0.05) is 57.6 Å². The lowest BCUT2D eigenvalue weighted by atomic mass is 10.0. The van der Waals surface area contributed by atoms with E-state index in [4.69, 9.17) is 4.74 Å². The number of hydrogen-bond acceptors (Lipinski definition) is 8. The highest BCUT2D eigenvalue weighted by Crippen LogP contribution is 2.13. The molecule has 1 saturated heterocycles. The van der Waals surface area contributed by atoms with E-state index in [1.165, 1.54) is 16.9 Å². The minimum atomic E-state index is -1.06. The topological polar surface area (TPSA) is 160 Å². The predicted octanol–water partition coefficient (Wildman–Crippen LogP) is 1.47. The third kappa shape index (κ3) is 11.9. The van der Waals surface area contributed by atoms with Crippen LogP contribution in [0.5, 0.6) is 0 Å². The van der Waals surface area contributed by atoms with Crippen LogP contribution in [0.3, 0.4) is 0 Å². The smallest absolute Gasteiger partial charge is 0.329 e. The first-order chi connectivity index (χ1) is 18.3. The summed E-state index contributed by atoms with van der Waals surface area (Å²) in [5.74, 6) is -3.21. The molecule has 0 aliphatic carbocycles. The maximum atomic E-state index is 13.2. The Morgan fingerprint density at radius 2 is 1.64 bits per heavy atom. The van der Waals surface area contributed by atoms with Gasteiger partial charge in [0.05, 0.1) is 16.3 Å². The number of cyclic esters (lactones) is 1. The van der Waals surface area contributed by atoms with Gasteiger partial charge in [0.2, 0.25) is 17.7 Å². The van der Waals surface area contributed by atoms with Crippen LogP contribution >= 0.6 is 10.8 Å². The van der Waals surface area contributed by atoms with Gasteiger partial charge in [-0.25, -0.2) is 9.00 Å². The Kier molecular flexibility index (Phi) is 15.1. The molecule has 0 aromatic rings. The molecule has 1 fully saturated rings. The fourth-order valence-corrected chi connectivity index (χ4v) is 5.07. The third-order valence-electron chi connectivity index (χ3n) is 5.84. The van der Waals surface area contributed by atoms with Gasteiger partial charge in [0.15, 0.2) is 0 Å². The van der Waals surface area contributed by atoms with Gasteiger partial charge in [-0.3, -0.25) is 19.2 Å². The second kappa shape index (κ2) is 17.1. The lowest BCUT2D eigenvalue weighted by Gasteiger charge is -2.27. The maximum absolute atomic E-state index is 13.2. The summed E-state index contributed by atoms with van der Waals surface area (Å²) in [7, 11) is 0.251. The average molecular weight is 587 g/mol. The summed E-state index contributed by atoms with van der Waals surface area (Å²) in [5.41, 5.74) is -0.0748. The van der Waals surface area contributed by atoms with Gasteiger partial charge in [-0.2, -0.15) is 0 Å². The molecule has 220 valence electrons. The van der Waals surface area contributed by atoms with Gasteiger partial charge in [-0.05, 0) is 37.7 Å². The monoisotopic (exact) mass is 586 g/mol. The van der Waals surface area contributed by atoms with Crippen LogP contribution in [-0.4, -0.2) is 70.0 Å². The number of carbonyl (C=O) groups is 5. The summed E-state index contributed by atoms with van der Waals surface area (Å²) in [6, 6.07) is -2.96. The zero-order valence-electron chi connectivity index (χ0n) is 23.7. The summed E-state index contributed by atoms with van der Waals surface area (Å²) in [6.45, 7) is 10.2. The van der Waals surface area contributed by atoms with Crippen LogP contribution in [0.25, 0.3) is 0 Å². The van der Waals surface area contributed by atoms with Crippen LogP contribution in [0.2, 0.25) is 0 Å². The number of carbonyl (C=O) groups excluding carboxylic acids is 5. The molecule has 0 spiro atoms. The zero-order valence-corrected chi connectivity index (χ0v) is 25.3. The number of esters is 1. The Morgan fingerprint density at radius 3 is 2.18 bits per heavy atom. The van der Waals surface area contributed by atoms with Crippen molar-refractivity contribution in [3.05, 3.63) is 23.9 Å². The van der Waals surface area contributed by atoms with E-state index in [9.17, 15) is 28.2 Å². The number of allylic oxidation sites excluding steroid dienone is 2. The molecule has 4 N–H and O–H groups in total. The van der Waals surface area contributed by atoms with Gasteiger partial charge < -0.3 is 26.0 Å². The third-order valence-corrected chi connectivity index (χ3v) is 8.07. The van der Waals surface area contributed by atoms with Crippen LogP contribution in [0.1, 0.15) is 60.8 Å². The van der Waals surface area contributed by atoms with Crippen molar-refractivity contribution in [2.45, 2.75) is 85.0 Å². The van der Waals surface area contributed by atoms with Crippen molar-refractivity contribution < 1.29 is 32.9 Å². The fraction of sp³-hybridized carbons (Fsp3) is 0.654. The van der Waals surface area contributed by atoms with E-state index in [0.717, 1.165) is 0 Å². The van der Waals surface area contributed by atoms with E-state index in [1.807, 2.05) is 0 Å². The van der Waals surface area contributed by atoms with Gasteiger partial charge >= 0.3 is 5.97 Å². The van der Waals surface area contributed by atoms with Gasteiger partial charge in [0.25, 0.3) is 5.91 Å². The molecule has 1 aliphatic heterocycles. The first-order valence-electron chi connectivity index (χ1n) is 13.0. The normalized spacial score (nSPS) is 26.3. The van der Waals surface area contributed by atoms with Crippen LogP contribution in [-0.2, 0) is 38.5 Å². The highest BCUT2D eigenvalue weighted by atomic mass is 33.1. The lowest BCUT2D eigenvalue weighted by Crippen LogP contribution is -2.56. The van der Waals surface area contributed by atoms with E-state index in [-0.39, 0.29) is 30.4 Å². The van der Waals surface area contributed by atoms with Crippen molar-refractivity contribution >= 4 is 50.2 Å². The Labute approximate surface area is 236 Å². The summed E-state index contributed by atoms with van der Waals surface area (Å²) in [4.78, 5) is 65.1. The molecular weight excluding hydrogens is 544 g/mol. The molecule has 11 nitrogen and oxygen atoms in total. The van der Waals surface area contributed by atoms with Crippen LogP contribution in [0.4, 0.5) is 0 Å². The largest absolute Gasteiger partial charge is 0.456 e. The van der Waals surface area contributed by atoms with E-state index in [0.29, 0.717) is 12.2 Å². The number of ether oxygens (including phenoxy) is 1. The Hall–Kier alpha value is -2.67. The molecule has 0 aromatic carbocycles. The number of rotatable bonds is 8. The molecule has 13 heteroatoms. The van der Waals surface area contributed by atoms with E-state index >= 15 is 0 Å². The second-order valence-electron chi connectivity index (χ2n) is 9.77. The Balaban J connectivity index is 3.39. The molecular formula is C26H42N4O7S2. The SMILES string of the molecule is C/C=C1\NC(=O)[C@@H](CC)NC(=O)[C@@H](C(C)C)NC(=O)C[C@@H](/C=C/CCSS(C)=O)OC(=O)[C@H](C(C)C)NC1=O. The molecule has 1 heterocycles. The molecule has 39 heavy (non-hydrogen) atoms. The molecule has 5 atom stereocenters. The standard InChI is InChI=1S/C26H42N4O7S2/c1-8-18-23(32)27-19(9-2)24(33)30-22(16(5)6)26(35)37-17(12-10-11-13-38-39(7)36)14-20(31)29-21(15(3)4)25(34)28-18/h9-10,12,15-18,21-22H,8,11,13-14H2,1-7H3,(H,27,32)(H,28,34)(H,29,31)(H,30,33)/b12-10+,19-9-/t17-,18-,21-,22+,39?/m1/s1. The summed E-state index contributed by atoms with van der Waals surface area (Å²) in [6.07, 6.45) is 5.83. The van der Waals surface area contributed by atoms with Crippen molar-refractivity contribution in [2.24, 2.45) is 11.8 Å².